The van der Waals surface area contributed by atoms with Crippen molar-refractivity contribution in [3.63, 3.8) is 0 Å². The van der Waals surface area contributed by atoms with Crippen LogP contribution >= 0.6 is 22.9 Å². The number of halogens is 1. The van der Waals surface area contributed by atoms with Crippen molar-refractivity contribution < 1.29 is 4.79 Å². The highest BCUT2D eigenvalue weighted by atomic mass is 35.5. The van der Waals surface area contributed by atoms with Gasteiger partial charge in [-0.25, -0.2) is 0 Å². The van der Waals surface area contributed by atoms with Gasteiger partial charge < -0.3 is 10.3 Å². The first-order chi connectivity index (χ1) is 12.5. The zero-order valence-electron chi connectivity index (χ0n) is 15.1. The molecule has 3 nitrogen and oxygen atoms in total. The van der Waals surface area contributed by atoms with E-state index in [1.807, 2.05) is 36.6 Å². The first kappa shape index (κ1) is 18.7. The molecule has 5 heteroatoms. The number of thiophene rings is 1. The molecule has 0 radical (unpaired) electrons. The van der Waals surface area contributed by atoms with E-state index in [2.05, 4.69) is 23.6 Å². The third-order valence-corrected chi connectivity index (χ3v) is 5.76. The lowest BCUT2D eigenvalue weighted by molar-refractivity contribution is 0.1000. The van der Waals surface area contributed by atoms with E-state index in [0.29, 0.717) is 12.1 Å². The van der Waals surface area contributed by atoms with Gasteiger partial charge in [-0.2, -0.15) is 0 Å². The summed E-state index contributed by atoms with van der Waals surface area (Å²) < 4.78 is 2.23. The van der Waals surface area contributed by atoms with E-state index in [4.69, 9.17) is 17.3 Å². The van der Waals surface area contributed by atoms with Crippen LogP contribution in [-0.4, -0.2) is 10.5 Å². The van der Waals surface area contributed by atoms with Gasteiger partial charge in [-0.1, -0.05) is 43.1 Å². The maximum atomic E-state index is 12.3. The van der Waals surface area contributed by atoms with Crippen LogP contribution in [0, 0.1) is 6.92 Å². The second-order valence-corrected chi connectivity index (χ2v) is 7.83. The minimum Gasteiger partial charge on any atom is -0.366 e. The van der Waals surface area contributed by atoms with Crippen LogP contribution in [0.1, 0.15) is 47.1 Å². The Morgan fingerprint density at radius 2 is 2.08 bits per heavy atom. The second-order valence-electron chi connectivity index (χ2n) is 6.44. The first-order valence-electron chi connectivity index (χ1n) is 8.83. The summed E-state index contributed by atoms with van der Waals surface area (Å²) in [6.45, 7) is 4.84. The molecule has 0 spiro atoms. The number of unbranched alkanes of at least 4 members (excludes halogenated alkanes) is 1. The molecule has 3 aromatic rings. The highest BCUT2D eigenvalue weighted by molar-refractivity contribution is 7.13. The van der Waals surface area contributed by atoms with Crippen LogP contribution in [0.15, 0.2) is 41.8 Å². The standard InChI is InChI=1S/C21H23ClN2OS/c1-3-4-9-17-20(18-10-6-11-26-18)19(21(23)25)14(2)24(17)13-15-7-5-8-16(22)12-15/h5-8,10-12H,3-4,9,13H2,1-2H3,(H2,23,25). The number of benzene rings is 1. The van der Waals surface area contributed by atoms with E-state index in [1.54, 1.807) is 11.3 Å². The van der Waals surface area contributed by atoms with Gasteiger partial charge >= 0.3 is 0 Å². The molecule has 3 rings (SSSR count). The zero-order chi connectivity index (χ0) is 18.7. The molecule has 0 bridgehead atoms. The predicted octanol–water partition coefficient (Wildman–Crippen LogP) is 5.67. The summed E-state index contributed by atoms with van der Waals surface area (Å²) in [6.07, 6.45) is 3.07. The number of carbonyl (C=O) groups is 1. The van der Waals surface area contributed by atoms with Crippen molar-refractivity contribution in [3.8, 4) is 10.4 Å². The summed E-state index contributed by atoms with van der Waals surface area (Å²) >= 11 is 7.80. The van der Waals surface area contributed by atoms with Crippen LogP contribution in [0.2, 0.25) is 5.02 Å². The summed E-state index contributed by atoms with van der Waals surface area (Å²) in [6, 6.07) is 11.9. The van der Waals surface area contributed by atoms with Gasteiger partial charge in [-0.3, -0.25) is 4.79 Å². The second kappa shape index (κ2) is 8.11. The van der Waals surface area contributed by atoms with Crippen molar-refractivity contribution in [2.75, 3.05) is 0 Å². The summed E-state index contributed by atoms with van der Waals surface area (Å²) in [5, 5.41) is 2.75. The molecule has 136 valence electrons. The Bertz CT molecular complexity index is 912. The number of primary amides is 1. The van der Waals surface area contributed by atoms with Crippen molar-refractivity contribution in [2.24, 2.45) is 5.73 Å². The van der Waals surface area contributed by atoms with Gasteiger partial charge in [0.05, 0.1) is 5.56 Å². The molecule has 2 heterocycles. The fraction of sp³-hybridized carbons (Fsp3) is 0.286. The molecule has 0 saturated carbocycles. The van der Waals surface area contributed by atoms with E-state index in [-0.39, 0.29) is 5.91 Å². The predicted molar refractivity (Wildman–Crippen MR) is 110 cm³/mol. The third kappa shape index (κ3) is 3.71. The van der Waals surface area contributed by atoms with Gasteiger partial charge in [0.2, 0.25) is 0 Å². The number of hydrogen-bond acceptors (Lipinski definition) is 2. The normalized spacial score (nSPS) is 11.0. The largest absolute Gasteiger partial charge is 0.366 e. The zero-order valence-corrected chi connectivity index (χ0v) is 16.7. The molecular weight excluding hydrogens is 364 g/mol. The number of rotatable bonds is 7. The van der Waals surface area contributed by atoms with Crippen LogP contribution in [-0.2, 0) is 13.0 Å². The minimum absolute atomic E-state index is 0.367. The van der Waals surface area contributed by atoms with E-state index in [0.717, 1.165) is 46.0 Å². The van der Waals surface area contributed by atoms with Gasteiger partial charge in [-0.05, 0) is 48.9 Å². The topological polar surface area (TPSA) is 48.0 Å². The van der Waals surface area contributed by atoms with Crippen LogP contribution in [0.3, 0.4) is 0 Å². The van der Waals surface area contributed by atoms with Crippen LogP contribution in [0.5, 0.6) is 0 Å². The Morgan fingerprint density at radius 1 is 1.27 bits per heavy atom. The van der Waals surface area contributed by atoms with Gasteiger partial charge in [0.25, 0.3) is 5.91 Å². The number of hydrogen-bond donors (Lipinski definition) is 1. The molecule has 0 atom stereocenters. The Balaban J connectivity index is 2.18. The number of aromatic nitrogens is 1. The molecule has 0 fully saturated rings. The van der Waals surface area contributed by atoms with Crippen molar-refractivity contribution in [1.29, 1.82) is 0 Å². The molecule has 1 aromatic carbocycles. The average molecular weight is 387 g/mol. The fourth-order valence-electron chi connectivity index (χ4n) is 3.42. The van der Waals surface area contributed by atoms with Crippen molar-refractivity contribution in [2.45, 2.75) is 39.7 Å². The molecule has 0 unspecified atom stereocenters. The number of carbonyl (C=O) groups excluding carboxylic acids is 1. The van der Waals surface area contributed by atoms with Crippen LogP contribution in [0.25, 0.3) is 10.4 Å². The molecule has 1 amide bonds. The molecule has 0 aliphatic carbocycles. The maximum Gasteiger partial charge on any atom is 0.251 e. The molecular formula is C21H23ClN2OS. The SMILES string of the molecule is CCCCc1c(-c2cccs2)c(C(N)=O)c(C)n1Cc1cccc(Cl)c1. The van der Waals surface area contributed by atoms with Gasteiger partial charge in [0.1, 0.15) is 0 Å². The Kier molecular flexibility index (Phi) is 5.84. The fourth-order valence-corrected chi connectivity index (χ4v) is 4.43. The van der Waals surface area contributed by atoms with Crippen LogP contribution in [0.4, 0.5) is 0 Å². The Hall–Kier alpha value is -2.04. The summed E-state index contributed by atoms with van der Waals surface area (Å²) in [4.78, 5) is 13.4. The van der Waals surface area contributed by atoms with Gasteiger partial charge in [0.15, 0.2) is 0 Å². The minimum atomic E-state index is -0.367. The summed E-state index contributed by atoms with van der Waals surface area (Å²) in [5.74, 6) is -0.367. The monoisotopic (exact) mass is 386 g/mol. The summed E-state index contributed by atoms with van der Waals surface area (Å²) in [5.41, 5.74) is 10.6. The van der Waals surface area contributed by atoms with Gasteiger partial charge in [-0.15, -0.1) is 11.3 Å². The molecule has 2 aromatic heterocycles. The van der Waals surface area contributed by atoms with E-state index < -0.39 is 0 Å². The lowest BCUT2D eigenvalue weighted by Gasteiger charge is -2.13. The lowest BCUT2D eigenvalue weighted by Crippen LogP contribution is -2.13. The van der Waals surface area contributed by atoms with E-state index in [9.17, 15) is 4.79 Å². The molecule has 26 heavy (non-hydrogen) atoms. The molecule has 2 N–H and O–H groups in total. The number of nitrogens with zero attached hydrogens (tertiary/aromatic N) is 1. The molecule has 0 saturated heterocycles. The van der Waals surface area contributed by atoms with E-state index in [1.165, 1.54) is 5.69 Å². The number of amides is 1. The smallest absolute Gasteiger partial charge is 0.251 e. The summed E-state index contributed by atoms with van der Waals surface area (Å²) in [7, 11) is 0. The highest BCUT2D eigenvalue weighted by Gasteiger charge is 2.25. The maximum absolute atomic E-state index is 12.3. The first-order valence-corrected chi connectivity index (χ1v) is 10.1. The van der Waals surface area contributed by atoms with Crippen LogP contribution < -0.4 is 5.73 Å². The molecule has 0 aliphatic heterocycles. The third-order valence-electron chi connectivity index (χ3n) is 4.64. The molecule has 0 aliphatic rings. The van der Waals surface area contributed by atoms with Crippen molar-refractivity contribution in [1.82, 2.24) is 4.57 Å². The average Bonchev–Trinajstić information content (AvgIpc) is 3.21. The van der Waals surface area contributed by atoms with Crippen molar-refractivity contribution >= 4 is 28.8 Å². The quantitative estimate of drug-likeness (QED) is 0.558. The van der Waals surface area contributed by atoms with Gasteiger partial charge in [0, 0.05) is 33.4 Å². The Morgan fingerprint density at radius 3 is 2.69 bits per heavy atom. The van der Waals surface area contributed by atoms with E-state index >= 15 is 0 Å². The number of nitrogens with two attached hydrogens (primary N) is 1. The lowest BCUT2D eigenvalue weighted by atomic mass is 10.0. The Labute approximate surface area is 163 Å². The van der Waals surface area contributed by atoms with Crippen molar-refractivity contribution in [3.05, 3.63) is 69.3 Å². The highest BCUT2D eigenvalue weighted by Crippen LogP contribution is 2.36.